The van der Waals surface area contributed by atoms with Gasteiger partial charge in [0.2, 0.25) is 5.12 Å². The first kappa shape index (κ1) is 26.4. The monoisotopic (exact) mass is 466 g/mol. The Morgan fingerprint density at radius 1 is 0.885 bits per heavy atom. The van der Waals surface area contributed by atoms with Gasteiger partial charge in [-0.15, -0.1) is 0 Å². The van der Waals surface area contributed by atoms with Crippen molar-refractivity contribution in [3.05, 3.63) is 0 Å². The van der Waals surface area contributed by atoms with E-state index in [0.717, 1.165) is 35.3 Å². The van der Waals surface area contributed by atoms with Crippen LogP contribution in [0.15, 0.2) is 0 Å². The molecule has 8 nitrogen and oxygen atoms in total. The molecule has 0 heterocycles. The van der Waals surface area contributed by atoms with Gasteiger partial charge in [0.05, 0.1) is 12.8 Å². The Labute approximate surface area is 176 Å². The van der Waals surface area contributed by atoms with Gasteiger partial charge in [-0.25, -0.2) is 9.67 Å². The first-order valence-corrected chi connectivity index (χ1v) is 11.4. The van der Waals surface area contributed by atoms with Crippen LogP contribution in [-0.2, 0) is 14.4 Å². The zero-order valence-corrected chi connectivity index (χ0v) is 18.3. The fraction of sp³-hybridized carbons (Fsp3) is 0.769. The normalized spacial score (nSPS) is 13.4. The molecule has 0 aliphatic heterocycles. The van der Waals surface area contributed by atoms with Crippen LogP contribution in [0.1, 0.15) is 12.8 Å². The van der Waals surface area contributed by atoms with Gasteiger partial charge >= 0.3 is 0 Å². The molecule has 1 atom stereocenters. The SMILES string of the molecule is CNNCCSC(=O)CC(O)(CC(=O)SCCNCl)C(=O)SCCNCl. The Bertz CT molecular complexity index is 452. The number of carbonyl (C=O) groups excluding carboxylic acids is 3. The van der Waals surface area contributed by atoms with Crippen molar-refractivity contribution in [1.82, 2.24) is 20.5 Å². The van der Waals surface area contributed by atoms with Crippen molar-refractivity contribution in [2.24, 2.45) is 0 Å². The van der Waals surface area contributed by atoms with E-state index < -0.39 is 23.6 Å². The Hall–Kier alpha value is 0.440. The highest BCUT2D eigenvalue weighted by Gasteiger charge is 2.40. The third-order valence-corrected chi connectivity index (χ3v) is 5.99. The van der Waals surface area contributed by atoms with Crippen molar-refractivity contribution in [3.8, 4) is 0 Å². The summed E-state index contributed by atoms with van der Waals surface area (Å²) in [5.74, 6) is 1.18. The third-order valence-electron chi connectivity index (χ3n) is 2.81. The lowest BCUT2D eigenvalue weighted by molar-refractivity contribution is -0.136. The number of hydrazine groups is 1. The predicted molar refractivity (Wildman–Crippen MR) is 111 cm³/mol. The summed E-state index contributed by atoms with van der Waals surface area (Å²) in [7, 11) is 1.71. The number of nitrogens with one attached hydrogen (secondary N) is 4. The summed E-state index contributed by atoms with van der Waals surface area (Å²) in [6.07, 6.45) is -0.849. The Morgan fingerprint density at radius 2 is 1.35 bits per heavy atom. The summed E-state index contributed by atoms with van der Waals surface area (Å²) in [6, 6.07) is 0. The van der Waals surface area contributed by atoms with Crippen LogP contribution < -0.4 is 20.5 Å². The van der Waals surface area contributed by atoms with E-state index in [4.69, 9.17) is 23.6 Å². The highest BCUT2D eigenvalue weighted by atomic mass is 35.5. The molecule has 5 N–H and O–H groups in total. The van der Waals surface area contributed by atoms with Gasteiger partial charge in [0.15, 0.2) is 10.2 Å². The summed E-state index contributed by atoms with van der Waals surface area (Å²) >= 11 is 13.4. The minimum Gasteiger partial charge on any atom is -0.380 e. The van der Waals surface area contributed by atoms with Gasteiger partial charge in [0.1, 0.15) is 5.60 Å². The second-order valence-electron chi connectivity index (χ2n) is 4.91. The molecular formula is C13H24Cl2N4O4S3. The molecular weight excluding hydrogens is 443 g/mol. The van der Waals surface area contributed by atoms with Crippen molar-refractivity contribution in [3.63, 3.8) is 0 Å². The van der Waals surface area contributed by atoms with Crippen LogP contribution in [0.2, 0.25) is 0 Å². The van der Waals surface area contributed by atoms with Crippen LogP contribution in [-0.4, -0.2) is 70.0 Å². The molecule has 0 aromatic heterocycles. The van der Waals surface area contributed by atoms with Gasteiger partial charge in [-0.3, -0.25) is 25.2 Å². The van der Waals surface area contributed by atoms with E-state index in [9.17, 15) is 19.5 Å². The second-order valence-corrected chi connectivity index (χ2v) is 8.81. The largest absolute Gasteiger partial charge is 0.380 e. The van der Waals surface area contributed by atoms with E-state index in [-0.39, 0.29) is 10.2 Å². The van der Waals surface area contributed by atoms with Gasteiger partial charge in [0.25, 0.3) is 0 Å². The lowest BCUT2D eigenvalue weighted by Gasteiger charge is -2.24. The van der Waals surface area contributed by atoms with Crippen LogP contribution in [0.5, 0.6) is 0 Å². The molecule has 0 aliphatic carbocycles. The van der Waals surface area contributed by atoms with E-state index in [2.05, 4.69) is 20.5 Å². The van der Waals surface area contributed by atoms with E-state index >= 15 is 0 Å². The lowest BCUT2D eigenvalue weighted by atomic mass is 9.99. The van der Waals surface area contributed by atoms with Crippen molar-refractivity contribution in [1.29, 1.82) is 0 Å². The summed E-state index contributed by atoms with van der Waals surface area (Å²) in [6.45, 7) is 1.28. The molecule has 1 unspecified atom stereocenters. The Morgan fingerprint density at radius 3 is 1.81 bits per heavy atom. The van der Waals surface area contributed by atoms with E-state index in [1.807, 2.05) is 0 Å². The molecule has 26 heavy (non-hydrogen) atoms. The van der Waals surface area contributed by atoms with Gasteiger partial charge in [-0.1, -0.05) is 35.3 Å². The quantitative estimate of drug-likeness (QED) is 0.132. The van der Waals surface area contributed by atoms with Crippen molar-refractivity contribution in [2.75, 3.05) is 43.9 Å². The molecule has 0 aromatic carbocycles. The van der Waals surface area contributed by atoms with Gasteiger partial charge < -0.3 is 5.11 Å². The van der Waals surface area contributed by atoms with E-state index in [1.54, 1.807) is 7.05 Å². The van der Waals surface area contributed by atoms with Crippen LogP contribution in [0.4, 0.5) is 0 Å². The average Bonchev–Trinajstić information content (AvgIpc) is 2.59. The van der Waals surface area contributed by atoms with Crippen LogP contribution in [0, 0.1) is 0 Å². The number of hydrogen-bond donors (Lipinski definition) is 5. The smallest absolute Gasteiger partial charge is 0.221 e. The van der Waals surface area contributed by atoms with Crippen LogP contribution in [0.25, 0.3) is 0 Å². The van der Waals surface area contributed by atoms with Gasteiger partial charge in [-0.2, -0.15) is 0 Å². The van der Waals surface area contributed by atoms with Gasteiger partial charge in [-0.05, 0) is 30.6 Å². The molecule has 0 bridgehead atoms. The first-order valence-electron chi connectivity index (χ1n) is 7.67. The van der Waals surface area contributed by atoms with Crippen molar-refractivity contribution >= 4 is 74.2 Å². The maximum absolute atomic E-state index is 12.4. The molecule has 0 fully saturated rings. The van der Waals surface area contributed by atoms with E-state index in [0.29, 0.717) is 36.9 Å². The molecule has 0 amide bonds. The number of rotatable bonds is 15. The standard InChI is InChI=1S/C13H24Cl2N4O4S3/c1-16-19-4-7-25-11(21)9-13(23,12(22)26-6-3-18-15)8-10(20)24-5-2-17-14/h16-19,23H,2-9H2,1H3. The predicted octanol–water partition coefficient (Wildman–Crippen LogP) is 0.488. The molecule has 0 spiro atoms. The first-order chi connectivity index (χ1) is 12.4. The maximum atomic E-state index is 12.4. The molecule has 0 saturated heterocycles. The van der Waals surface area contributed by atoms with Crippen molar-refractivity contribution < 1.29 is 19.5 Å². The topological polar surface area (TPSA) is 120 Å². The molecule has 0 rings (SSSR count). The Kier molecular flexibility index (Phi) is 16.7. The summed E-state index contributed by atoms with van der Waals surface area (Å²) < 4.78 is 0. The summed E-state index contributed by atoms with van der Waals surface area (Å²) in [5, 5.41) is 9.37. The van der Waals surface area contributed by atoms with Crippen LogP contribution in [0.3, 0.4) is 0 Å². The molecule has 0 aliphatic rings. The Balaban J connectivity index is 4.76. The molecule has 13 heteroatoms. The second kappa shape index (κ2) is 16.4. The molecule has 0 saturated carbocycles. The van der Waals surface area contributed by atoms with Crippen molar-refractivity contribution in [2.45, 2.75) is 18.4 Å². The number of aliphatic hydroxyl groups is 1. The zero-order chi connectivity index (χ0) is 19.8. The highest BCUT2D eigenvalue weighted by molar-refractivity contribution is 8.14. The zero-order valence-electron chi connectivity index (χ0n) is 14.3. The minimum atomic E-state index is -2.03. The maximum Gasteiger partial charge on any atom is 0.221 e. The third kappa shape index (κ3) is 12.8. The number of hydrogen-bond acceptors (Lipinski definition) is 11. The summed E-state index contributed by atoms with van der Waals surface area (Å²) in [5.41, 5.74) is 3.53. The number of halogens is 2. The molecule has 0 aromatic rings. The highest BCUT2D eigenvalue weighted by Crippen LogP contribution is 2.28. The number of carbonyl (C=O) groups is 3. The van der Waals surface area contributed by atoms with Crippen LogP contribution >= 0.6 is 58.8 Å². The lowest BCUT2D eigenvalue weighted by Crippen LogP contribution is -2.41. The number of thioether (sulfide) groups is 3. The minimum absolute atomic E-state index is 0.315. The fourth-order valence-corrected chi connectivity index (χ4v) is 4.41. The van der Waals surface area contributed by atoms with Gasteiger partial charge in [0, 0.05) is 36.9 Å². The molecule has 152 valence electrons. The van der Waals surface area contributed by atoms with E-state index in [1.165, 1.54) is 0 Å². The molecule has 0 radical (unpaired) electrons. The average molecular weight is 467 g/mol. The summed E-state index contributed by atoms with van der Waals surface area (Å²) in [4.78, 5) is 41.3. The fourth-order valence-electron chi connectivity index (χ4n) is 1.65.